The predicted molar refractivity (Wildman–Crippen MR) is 99.6 cm³/mol. The quantitative estimate of drug-likeness (QED) is 0.502. The number of rotatable bonds is 6. The number of hydrogen-bond donors (Lipinski definition) is 1. The molecule has 0 fully saturated rings. The second-order valence-electron chi connectivity index (χ2n) is 4.96. The van der Waals surface area contributed by atoms with Crippen LogP contribution in [0.5, 0.6) is 11.5 Å². The molecule has 134 valence electrons. The van der Waals surface area contributed by atoms with Crippen LogP contribution in [0.2, 0.25) is 0 Å². The summed E-state index contributed by atoms with van der Waals surface area (Å²) in [5.74, 6) is 0.345. The Hall–Kier alpha value is -2.98. The number of anilines is 1. The van der Waals surface area contributed by atoms with Crippen molar-refractivity contribution in [1.82, 2.24) is 4.98 Å². The summed E-state index contributed by atoms with van der Waals surface area (Å²) in [6.45, 7) is 0. The van der Waals surface area contributed by atoms with Gasteiger partial charge in [0.2, 0.25) is 0 Å². The molecule has 1 amide bonds. The number of methoxy groups -OCH3 is 2. The third-order valence-electron chi connectivity index (χ3n) is 3.43. The molecular formula is C16H13N3O5S2. The molecule has 0 bridgehead atoms. The zero-order valence-electron chi connectivity index (χ0n) is 13.7. The molecule has 0 saturated heterocycles. The van der Waals surface area contributed by atoms with E-state index in [2.05, 4.69) is 10.3 Å². The van der Waals surface area contributed by atoms with Crippen molar-refractivity contribution >= 4 is 39.4 Å². The molecule has 10 heteroatoms. The van der Waals surface area contributed by atoms with E-state index in [9.17, 15) is 14.9 Å². The van der Waals surface area contributed by atoms with Gasteiger partial charge in [-0.25, -0.2) is 4.98 Å². The zero-order chi connectivity index (χ0) is 18.7. The van der Waals surface area contributed by atoms with Gasteiger partial charge in [-0.2, -0.15) is 0 Å². The molecule has 1 N–H and O–H groups in total. The van der Waals surface area contributed by atoms with Gasteiger partial charge in [0, 0.05) is 11.4 Å². The third-order valence-corrected chi connectivity index (χ3v) is 5.13. The summed E-state index contributed by atoms with van der Waals surface area (Å²) < 4.78 is 10.5. The number of benzene rings is 1. The Morgan fingerprint density at radius 3 is 2.46 bits per heavy atom. The van der Waals surface area contributed by atoms with Crippen molar-refractivity contribution in [2.75, 3.05) is 19.5 Å². The molecule has 8 nitrogen and oxygen atoms in total. The number of nitro groups is 1. The number of nitrogens with zero attached hydrogens (tertiary/aromatic N) is 2. The maximum Gasteiger partial charge on any atom is 0.280 e. The van der Waals surface area contributed by atoms with Gasteiger partial charge in [-0.1, -0.05) is 6.07 Å². The Balaban J connectivity index is 1.83. The highest BCUT2D eigenvalue weighted by Crippen LogP contribution is 2.34. The lowest BCUT2D eigenvalue weighted by Crippen LogP contribution is -2.14. The van der Waals surface area contributed by atoms with Crippen LogP contribution in [0.4, 0.5) is 10.8 Å². The molecule has 0 unspecified atom stereocenters. The highest BCUT2D eigenvalue weighted by atomic mass is 32.1. The fourth-order valence-corrected chi connectivity index (χ4v) is 3.83. The van der Waals surface area contributed by atoms with Crippen molar-refractivity contribution < 1.29 is 19.2 Å². The van der Waals surface area contributed by atoms with Crippen molar-refractivity contribution in [3.05, 3.63) is 50.7 Å². The van der Waals surface area contributed by atoms with Crippen LogP contribution in [0.15, 0.2) is 35.0 Å². The van der Waals surface area contributed by atoms with E-state index in [0.29, 0.717) is 27.2 Å². The summed E-state index contributed by atoms with van der Waals surface area (Å²) in [6.07, 6.45) is 0. The molecule has 3 aromatic rings. The van der Waals surface area contributed by atoms with E-state index >= 15 is 0 Å². The summed E-state index contributed by atoms with van der Waals surface area (Å²) in [6, 6.07) is 6.50. The van der Waals surface area contributed by atoms with E-state index in [-0.39, 0.29) is 11.3 Å². The van der Waals surface area contributed by atoms with Crippen LogP contribution >= 0.6 is 22.7 Å². The van der Waals surface area contributed by atoms with Crippen LogP contribution in [0.1, 0.15) is 10.4 Å². The average Bonchev–Trinajstić information content (AvgIpc) is 3.30. The van der Waals surface area contributed by atoms with Gasteiger partial charge in [-0.15, -0.1) is 22.7 Å². The molecule has 2 heterocycles. The standard InChI is InChI=1S/C16H13N3O5S2/c1-23-11-4-3-5-12(24-2)14(11)15(20)18-16-17-10(8-26-16)13-6-9(7-25-13)19(21)22/h3-8H,1-2H3,(H,17,18,20). The third kappa shape index (κ3) is 3.51. The minimum absolute atomic E-state index is 0.0161. The number of ether oxygens (including phenoxy) is 2. The summed E-state index contributed by atoms with van der Waals surface area (Å²) >= 11 is 2.45. The fourth-order valence-electron chi connectivity index (χ4n) is 2.24. The van der Waals surface area contributed by atoms with Crippen molar-refractivity contribution in [1.29, 1.82) is 0 Å². The van der Waals surface area contributed by atoms with E-state index in [1.807, 2.05) is 0 Å². The highest BCUT2D eigenvalue weighted by molar-refractivity contribution is 7.16. The number of carbonyl (C=O) groups is 1. The van der Waals surface area contributed by atoms with Gasteiger partial charge in [0.25, 0.3) is 11.6 Å². The molecule has 26 heavy (non-hydrogen) atoms. The largest absolute Gasteiger partial charge is 0.496 e. The Morgan fingerprint density at radius 1 is 1.19 bits per heavy atom. The minimum Gasteiger partial charge on any atom is -0.496 e. The number of nitrogens with one attached hydrogen (secondary N) is 1. The molecule has 1 aromatic carbocycles. The summed E-state index contributed by atoms with van der Waals surface area (Å²) in [4.78, 5) is 27.9. The van der Waals surface area contributed by atoms with E-state index in [1.54, 1.807) is 23.6 Å². The molecule has 3 rings (SSSR count). The molecule has 2 aromatic heterocycles. The number of carbonyl (C=O) groups excluding carboxylic acids is 1. The molecule has 0 aliphatic carbocycles. The van der Waals surface area contributed by atoms with Gasteiger partial charge in [0.1, 0.15) is 17.1 Å². The first kappa shape index (κ1) is 17.8. The van der Waals surface area contributed by atoms with E-state index < -0.39 is 10.8 Å². The molecule has 0 saturated carbocycles. The second-order valence-corrected chi connectivity index (χ2v) is 6.73. The fraction of sp³-hybridized carbons (Fsp3) is 0.125. The molecule has 0 spiro atoms. The molecule has 0 atom stereocenters. The lowest BCUT2D eigenvalue weighted by Gasteiger charge is -2.11. The van der Waals surface area contributed by atoms with Gasteiger partial charge in [0.05, 0.1) is 35.1 Å². The Kier molecular flexibility index (Phi) is 5.14. The van der Waals surface area contributed by atoms with Gasteiger partial charge in [-0.05, 0) is 12.1 Å². The van der Waals surface area contributed by atoms with E-state index in [4.69, 9.17) is 9.47 Å². The van der Waals surface area contributed by atoms with Crippen LogP contribution in [-0.4, -0.2) is 30.0 Å². The Bertz CT molecular complexity index is 944. The number of aromatic nitrogens is 1. The molecular weight excluding hydrogens is 378 g/mol. The van der Waals surface area contributed by atoms with Crippen molar-refractivity contribution in [3.8, 4) is 22.1 Å². The first-order valence-electron chi connectivity index (χ1n) is 7.24. The second kappa shape index (κ2) is 7.50. The lowest BCUT2D eigenvalue weighted by molar-refractivity contribution is -0.384. The van der Waals surface area contributed by atoms with Crippen LogP contribution in [0.3, 0.4) is 0 Å². The summed E-state index contributed by atoms with van der Waals surface area (Å²) in [7, 11) is 2.94. The smallest absolute Gasteiger partial charge is 0.280 e. The number of hydrogen-bond acceptors (Lipinski definition) is 8. The van der Waals surface area contributed by atoms with Gasteiger partial charge >= 0.3 is 0 Å². The van der Waals surface area contributed by atoms with E-state index in [0.717, 1.165) is 0 Å². The first-order valence-corrected chi connectivity index (χ1v) is 9.00. The zero-order valence-corrected chi connectivity index (χ0v) is 15.3. The van der Waals surface area contributed by atoms with Crippen LogP contribution in [0, 0.1) is 10.1 Å². The van der Waals surface area contributed by atoms with E-state index in [1.165, 1.54) is 48.3 Å². The summed E-state index contributed by atoms with van der Waals surface area (Å²) in [5, 5.41) is 17.0. The molecule has 0 aliphatic heterocycles. The topological polar surface area (TPSA) is 104 Å². The van der Waals surface area contributed by atoms with Crippen LogP contribution in [-0.2, 0) is 0 Å². The van der Waals surface area contributed by atoms with Crippen molar-refractivity contribution in [2.45, 2.75) is 0 Å². The monoisotopic (exact) mass is 391 g/mol. The predicted octanol–water partition coefficient (Wildman–Crippen LogP) is 4.05. The summed E-state index contributed by atoms with van der Waals surface area (Å²) in [5.41, 5.74) is 0.846. The van der Waals surface area contributed by atoms with Crippen molar-refractivity contribution in [2.24, 2.45) is 0 Å². The first-order chi connectivity index (χ1) is 12.5. The van der Waals surface area contributed by atoms with Gasteiger partial charge in [0.15, 0.2) is 5.13 Å². The normalized spacial score (nSPS) is 10.4. The van der Waals surface area contributed by atoms with Gasteiger partial charge < -0.3 is 9.47 Å². The maximum absolute atomic E-state index is 12.6. The van der Waals surface area contributed by atoms with Gasteiger partial charge in [-0.3, -0.25) is 20.2 Å². The van der Waals surface area contributed by atoms with Crippen LogP contribution < -0.4 is 14.8 Å². The SMILES string of the molecule is COc1cccc(OC)c1C(=O)Nc1nc(-c2cc([N+](=O)[O-])cs2)cs1. The number of thiophene rings is 1. The minimum atomic E-state index is -0.455. The van der Waals surface area contributed by atoms with Crippen LogP contribution in [0.25, 0.3) is 10.6 Å². The number of amides is 1. The molecule has 0 aliphatic rings. The van der Waals surface area contributed by atoms with Crippen molar-refractivity contribution in [3.63, 3.8) is 0 Å². The average molecular weight is 391 g/mol. The Labute approximate surface area is 156 Å². The number of thiazole rings is 1. The molecule has 0 radical (unpaired) electrons. The lowest BCUT2D eigenvalue weighted by atomic mass is 10.1. The maximum atomic E-state index is 12.6. The highest BCUT2D eigenvalue weighted by Gasteiger charge is 2.20. The Morgan fingerprint density at radius 2 is 1.88 bits per heavy atom.